The van der Waals surface area contributed by atoms with E-state index in [1.54, 1.807) is 0 Å². The topological polar surface area (TPSA) is 63.4 Å². The number of anilines is 1. The number of nitrogens with two attached hydrogens (primary N) is 1. The Labute approximate surface area is 120 Å². The third-order valence-corrected chi connectivity index (χ3v) is 4.88. The molecule has 0 spiro atoms. The first-order valence-electron chi connectivity index (χ1n) is 6.00. The van der Waals surface area contributed by atoms with Gasteiger partial charge in [0.25, 0.3) is 0 Å². The maximum absolute atomic E-state index is 13.6. The highest BCUT2D eigenvalue weighted by atomic mass is 32.2. The second-order valence-corrected chi connectivity index (χ2v) is 6.77. The zero-order valence-corrected chi connectivity index (χ0v) is 12.5. The van der Waals surface area contributed by atoms with Gasteiger partial charge in [-0.2, -0.15) is 17.5 Å². The van der Waals surface area contributed by atoms with Crippen molar-refractivity contribution < 1.29 is 26.0 Å². The molecule has 0 aliphatic heterocycles. The number of nitrogens with zero attached hydrogens (tertiary/aromatic N) is 1. The van der Waals surface area contributed by atoms with Crippen molar-refractivity contribution in [3.05, 3.63) is 23.5 Å². The van der Waals surface area contributed by atoms with Gasteiger partial charge in [0.1, 0.15) is 12.4 Å². The summed E-state index contributed by atoms with van der Waals surface area (Å²) in [6.45, 7) is 2.30. The Hall–Kier alpha value is -1.35. The van der Waals surface area contributed by atoms with Gasteiger partial charge in [0.15, 0.2) is 0 Å². The number of halogens is 4. The van der Waals surface area contributed by atoms with Gasteiger partial charge in [-0.3, -0.25) is 0 Å². The molecule has 0 radical (unpaired) electrons. The van der Waals surface area contributed by atoms with Crippen LogP contribution in [0.4, 0.5) is 23.2 Å². The van der Waals surface area contributed by atoms with E-state index in [4.69, 9.17) is 5.73 Å². The van der Waals surface area contributed by atoms with Crippen molar-refractivity contribution in [2.45, 2.75) is 37.9 Å². The normalized spacial score (nSPS) is 13.2. The fourth-order valence-corrected chi connectivity index (χ4v) is 3.35. The SMILES string of the molecule is Cc1c(N)cc(S(=O)(=O)N(CC(F)(F)F)C(C)C)cc1F. The van der Waals surface area contributed by atoms with E-state index in [0.29, 0.717) is 6.07 Å². The molecule has 0 saturated carbocycles. The average Bonchev–Trinajstić information content (AvgIpc) is 2.30. The van der Waals surface area contributed by atoms with Gasteiger partial charge in [-0.25, -0.2) is 12.8 Å². The largest absolute Gasteiger partial charge is 0.402 e. The molecule has 1 aromatic carbocycles. The van der Waals surface area contributed by atoms with Crippen LogP contribution in [0.25, 0.3) is 0 Å². The molecule has 0 atom stereocenters. The lowest BCUT2D eigenvalue weighted by Crippen LogP contribution is -2.43. The van der Waals surface area contributed by atoms with Crippen LogP contribution in [0, 0.1) is 12.7 Å². The Morgan fingerprint density at radius 2 is 1.81 bits per heavy atom. The molecule has 0 aromatic heterocycles. The van der Waals surface area contributed by atoms with Gasteiger partial charge < -0.3 is 5.73 Å². The third-order valence-electron chi connectivity index (χ3n) is 2.88. The van der Waals surface area contributed by atoms with E-state index in [1.807, 2.05) is 0 Å². The highest BCUT2D eigenvalue weighted by molar-refractivity contribution is 7.89. The maximum Gasteiger partial charge on any atom is 0.402 e. The Bertz CT molecular complexity index is 604. The summed E-state index contributed by atoms with van der Waals surface area (Å²) in [6.07, 6.45) is -4.70. The summed E-state index contributed by atoms with van der Waals surface area (Å²) in [5.41, 5.74) is 5.38. The van der Waals surface area contributed by atoms with Crippen molar-refractivity contribution in [2.24, 2.45) is 0 Å². The molecule has 2 N–H and O–H groups in total. The molecule has 0 aliphatic carbocycles. The van der Waals surface area contributed by atoms with E-state index in [1.165, 1.54) is 20.8 Å². The van der Waals surface area contributed by atoms with Crippen molar-refractivity contribution in [1.82, 2.24) is 4.31 Å². The molecule has 0 saturated heterocycles. The van der Waals surface area contributed by atoms with Crippen LogP contribution >= 0.6 is 0 Å². The summed E-state index contributed by atoms with van der Waals surface area (Å²) in [6, 6.07) is 0.689. The lowest BCUT2D eigenvalue weighted by molar-refractivity contribution is -0.138. The van der Waals surface area contributed by atoms with Crippen LogP contribution in [0.5, 0.6) is 0 Å². The second kappa shape index (κ2) is 5.80. The number of rotatable bonds is 4. The van der Waals surface area contributed by atoms with E-state index in [9.17, 15) is 26.0 Å². The Morgan fingerprint density at radius 1 is 1.29 bits per heavy atom. The minimum Gasteiger partial charge on any atom is -0.398 e. The first kappa shape index (κ1) is 17.7. The predicted octanol–water partition coefficient (Wildman–Crippen LogP) is 2.68. The van der Waals surface area contributed by atoms with Crippen LogP contribution in [0.1, 0.15) is 19.4 Å². The smallest absolute Gasteiger partial charge is 0.398 e. The van der Waals surface area contributed by atoms with Crippen LogP contribution in [-0.4, -0.2) is 31.5 Å². The highest BCUT2D eigenvalue weighted by Gasteiger charge is 2.38. The molecule has 0 bridgehead atoms. The first-order chi connectivity index (χ1) is 9.36. The van der Waals surface area contributed by atoms with Crippen molar-refractivity contribution in [3.63, 3.8) is 0 Å². The Balaban J connectivity index is 3.36. The van der Waals surface area contributed by atoms with Crippen LogP contribution in [0.15, 0.2) is 17.0 Å². The lowest BCUT2D eigenvalue weighted by atomic mass is 10.2. The molecule has 0 unspecified atom stereocenters. The van der Waals surface area contributed by atoms with Crippen molar-refractivity contribution in [3.8, 4) is 0 Å². The van der Waals surface area contributed by atoms with E-state index in [2.05, 4.69) is 0 Å². The molecule has 120 valence electrons. The summed E-state index contributed by atoms with van der Waals surface area (Å²) in [7, 11) is -4.50. The highest BCUT2D eigenvalue weighted by Crippen LogP contribution is 2.27. The van der Waals surface area contributed by atoms with Crippen LogP contribution < -0.4 is 5.73 Å². The molecule has 0 fully saturated rings. The molecule has 1 aromatic rings. The van der Waals surface area contributed by atoms with Crippen LogP contribution in [0.2, 0.25) is 0 Å². The van der Waals surface area contributed by atoms with E-state index >= 15 is 0 Å². The number of sulfonamides is 1. The molecule has 1 rings (SSSR count). The molecule has 0 amide bonds. The summed E-state index contributed by atoms with van der Waals surface area (Å²) >= 11 is 0. The number of benzene rings is 1. The van der Waals surface area contributed by atoms with Gasteiger partial charge in [-0.1, -0.05) is 0 Å². The van der Waals surface area contributed by atoms with Gasteiger partial charge in [0, 0.05) is 17.3 Å². The Kier molecular flexibility index (Phi) is 4.89. The molecule has 0 aliphatic rings. The zero-order valence-electron chi connectivity index (χ0n) is 11.7. The minimum absolute atomic E-state index is 0.0425. The molecular weight excluding hydrogens is 312 g/mol. The molecule has 21 heavy (non-hydrogen) atoms. The van der Waals surface area contributed by atoms with Gasteiger partial charge in [-0.15, -0.1) is 0 Å². The number of hydrogen-bond acceptors (Lipinski definition) is 3. The summed E-state index contributed by atoms with van der Waals surface area (Å²) in [4.78, 5) is -0.596. The van der Waals surface area contributed by atoms with Crippen molar-refractivity contribution in [2.75, 3.05) is 12.3 Å². The first-order valence-corrected chi connectivity index (χ1v) is 7.44. The second-order valence-electron chi connectivity index (χ2n) is 4.88. The standard InChI is InChI=1S/C12H16F4N2O2S/c1-7(2)18(6-12(14,15)16)21(19,20)9-4-10(13)8(3)11(17)5-9/h4-5,7H,6,17H2,1-3H3. The van der Waals surface area contributed by atoms with Gasteiger partial charge in [0.2, 0.25) is 10.0 Å². The van der Waals surface area contributed by atoms with E-state index in [-0.39, 0.29) is 15.6 Å². The van der Waals surface area contributed by atoms with Gasteiger partial charge in [0.05, 0.1) is 4.90 Å². The van der Waals surface area contributed by atoms with Crippen LogP contribution in [-0.2, 0) is 10.0 Å². The summed E-state index contributed by atoms with van der Waals surface area (Å²) in [5.74, 6) is -0.885. The number of hydrogen-bond donors (Lipinski definition) is 1. The fraction of sp³-hybridized carbons (Fsp3) is 0.500. The third kappa shape index (κ3) is 4.07. The van der Waals surface area contributed by atoms with Crippen LogP contribution in [0.3, 0.4) is 0 Å². The molecule has 0 heterocycles. The maximum atomic E-state index is 13.6. The lowest BCUT2D eigenvalue weighted by Gasteiger charge is -2.27. The monoisotopic (exact) mass is 328 g/mol. The fourth-order valence-electron chi connectivity index (χ4n) is 1.68. The predicted molar refractivity (Wildman–Crippen MR) is 70.6 cm³/mol. The number of nitrogen functional groups attached to an aromatic ring is 1. The summed E-state index contributed by atoms with van der Waals surface area (Å²) in [5, 5.41) is 0. The van der Waals surface area contributed by atoms with Gasteiger partial charge >= 0.3 is 6.18 Å². The number of alkyl halides is 3. The average molecular weight is 328 g/mol. The quantitative estimate of drug-likeness (QED) is 0.683. The zero-order chi connectivity index (χ0) is 16.6. The molecular formula is C12H16F4N2O2S. The summed E-state index contributed by atoms with van der Waals surface area (Å²) < 4.78 is 76.0. The molecule has 9 heteroatoms. The van der Waals surface area contributed by atoms with Crippen molar-refractivity contribution in [1.29, 1.82) is 0 Å². The van der Waals surface area contributed by atoms with Gasteiger partial charge in [-0.05, 0) is 32.9 Å². The minimum atomic E-state index is -4.70. The Morgan fingerprint density at radius 3 is 2.19 bits per heavy atom. The molecule has 4 nitrogen and oxygen atoms in total. The van der Waals surface area contributed by atoms with E-state index < -0.39 is 39.5 Å². The van der Waals surface area contributed by atoms with Crippen molar-refractivity contribution >= 4 is 15.7 Å². The van der Waals surface area contributed by atoms with E-state index in [0.717, 1.165) is 6.07 Å².